The van der Waals surface area contributed by atoms with Crippen molar-refractivity contribution in [3.63, 3.8) is 0 Å². The Morgan fingerprint density at radius 3 is 2.47 bits per heavy atom. The van der Waals surface area contributed by atoms with Crippen molar-refractivity contribution in [2.45, 2.75) is 12.8 Å². The lowest BCUT2D eigenvalue weighted by Crippen LogP contribution is -2.24. The summed E-state index contributed by atoms with van der Waals surface area (Å²) in [6.07, 6.45) is 1.55. The molecule has 1 aromatic carbocycles. The van der Waals surface area contributed by atoms with E-state index in [1.807, 2.05) is 29.2 Å². The standard InChI is InChI=1S/C10H10BrNO2S/c11-8-3-5-9(6-4-8)12-7-1-2-10(12)15(13)14/h3-6H,1-2,7H2. The lowest BCUT2D eigenvalue weighted by Gasteiger charge is -2.16. The molecule has 0 aliphatic carbocycles. The maximum atomic E-state index is 11.0. The molecule has 0 saturated carbocycles. The third-order valence-corrected chi connectivity index (χ3v) is 3.74. The molecule has 1 aliphatic heterocycles. The van der Waals surface area contributed by atoms with Crippen LogP contribution in [0, 0.1) is 0 Å². The average Bonchev–Trinajstić information content (AvgIpc) is 2.67. The average molecular weight is 288 g/mol. The summed E-state index contributed by atoms with van der Waals surface area (Å²) in [7, 11) is -2.10. The third-order valence-electron chi connectivity index (χ3n) is 2.40. The van der Waals surface area contributed by atoms with Gasteiger partial charge in [-0.2, -0.15) is 8.42 Å². The van der Waals surface area contributed by atoms with Crippen molar-refractivity contribution >= 4 is 36.9 Å². The molecule has 15 heavy (non-hydrogen) atoms. The van der Waals surface area contributed by atoms with Crippen LogP contribution in [0.4, 0.5) is 5.69 Å². The van der Waals surface area contributed by atoms with E-state index in [0.717, 1.165) is 23.1 Å². The number of anilines is 1. The van der Waals surface area contributed by atoms with Gasteiger partial charge in [0.15, 0.2) is 0 Å². The Morgan fingerprint density at radius 1 is 1.20 bits per heavy atom. The van der Waals surface area contributed by atoms with Gasteiger partial charge in [0, 0.05) is 23.1 Å². The van der Waals surface area contributed by atoms with Crippen molar-refractivity contribution in [2.75, 3.05) is 11.4 Å². The van der Waals surface area contributed by atoms with Crippen LogP contribution in [0.25, 0.3) is 0 Å². The lowest BCUT2D eigenvalue weighted by molar-refractivity contribution is 0.626. The second kappa shape index (κ2) is 4.37. The predicted octanol–water partition coefficient (Wildman–Crippen LogP) is 2.06. The van der Waals surface area contributed by atoms with Gasteiger partial charge in [-0.15, -0.1) is 0 Å². The van der Waals surface area contributed by atoms with E-state index in [4.69, 9.17) is 0 Å². The van der Waals surface area contributed by atoms with Crippen LogP contribution < -0.4 is 4.90 Å². The molecule has 1 fully saturated rings. The summed E-state index contributed by atoms with van der Waals surface area (Å²) in [6, 6.07) is 7.67. The lowest BCUT2D eigenvalue weighted by atomic mass is 10.3. The molecular weight excluding hydrogens is 278 g/mol. The van der Waals surface area contributed by atoms with Crippen molar-refractivity contribution in [1.82, 2.24) is 0 Å². The molecule has 1 saturated heterocycles. The van der Waals surface area contributed by atoms with Gasteiger partial charge >= 0.3 is 0 Å². The molecule has 0 bridgehead atoms. The second-order valence-electron chi connectivity index (χ2n) is 3.36. The van der Waals surface area contributed by atoms with Crippen LogP contribution in [0.2, 0.25) is 0 Å². The minimum Gasteiger partial charge on any atom is -0.332 e. The Balaban J connectivity index is 2.39. The summed E-state index contributed by atoms with van der Waals surface area (Å²) in [4.78, 5) is 2.35. The Bertz CT molecular complexity index is 485. The van der Waals surface area contributed by atoms with E-state index in [1.54, 1.807) is 0 Å². The zero-order chi connectivity index (χ0) is 10.8. The van der Waals surface area contributed by atoms with Crippen molar-refractivity contribution in [1.29, 1.82) is 0 Å². The highest BCUT2D eigenvalue weighted by Crippen LogP contribution is 2.23. The summed E-state index contributed by atoms with van der Waals surface area (Å²) >= 11 is 3.35. The number of halogens is 1. The summed E-state index contributed by atoms with van der Waals surface area (Å²) in [5, 5.41) is 0. The third kappa shape index (κ3) is 2.23. The van der Waals surface area contributed by atoms with Crippen molar-refractivity contribution < 1.29 is 8.42 Å². The number of hydrogen-bond donors (Lipinski definition) is 0. The second-order valence-corrected chi connectivity index (χ2v) is 5.22. The van der Waals surface area contributed by atoms with Gasteiger partial charge in [0.05, 0.1) is 0 Å². The van der Waals surface area contributed by atoms with Gasteiger partial charge < -0.3 is 4.90 Å². The van der Waals surface area contributed by atoms with Crippen LogP contribution in [0.3, 0.4) is 0 Å². The van der Waals surface area contributed by atoms with Crippen LogP contribution in [0.5, 0.6) is 0 Å². The molecule has 2 rings (SSSR count). The summed E-state index contributed by atoms with van der Waals surface area (Å²) in [5.74, 6) is 0. The van der Waals surface area contributed by atoms with Gasteiger partial charge in [-0.25, -0.2) is 0 Å². The fraction of sp³-hybridized carbons (Fsp3) is 0.300. The maximum Gasteiger partial charge on any atom is 0.234 e. The predicted molar refractivity (Wildman–Crippen MR) is 64.6 cm³/mol. The Morgan fingerprint density at radius 2 is 1.87 bits per heavy atom. The molecule has 80 valence electrons. The molecule has 0 N–H and O–H groups in total. The van der Waals surface area contributed by atoms with Crippen molar-refractivity contribution in [2.24, 2.45) is 0 Å². The fourth-order valence-corrected chi connectivity index (χ4v) is 2.67. The first-order chi connectivity index (χ1) is 7.18. The molecule has 1 heterocycles. The SMILES string of the molecule is O=S(=O)=C1CCCN1c1ccc(Br)cc1. The van der Waals surface area contributed by atoms with Gasteiger partial charge in [-0.1, -0.05) is 15.9 Å². The molecule has 0 amide bonds. The van der Waals surface area contributed by atoms with Crippen LogP contribution in [0.15, 0.2) is 28.7 Å². The Kier molecular flexibility index (Phi) is 3.11. The summed E-state index contributed by atoms with van der Waals surface area (Å²) < 4.78 is 22.9. The zero-order valence-electron chi connectivity index (χ0n) is 7.98. The van der Waals surface area contributed by atoms with E-state index in [-0.39, 0.29) is 0 Å². The van der Waals surface area contributed by atoms with Gasteiger partial charge in [0.25, 0.3) is 0 Å². The first-order valence-electron chi connectivity index (χ1n) is 4.66. The molecular formula is C10H10BrNO2S. The number of rotatable bonds is 1. The summed E-state index contributed by atoms with van der Waals surface area (Å²) in [6.45, 7) is 0.783. The van der Waals surface area contributed by atoms with Crippen molar-refractivity contribution in [3.8, 4) is 0 Å². The van der Waals surface area contributed by atoms with E-state index in [2.05, 4.69) is 15.9 Å². The number of benzene rings is 1. The molecule has 1 aliphatic rings. The quantitative estimate of drug-likeness (QED) is 0.742. The maximum absolute atomic E-state index is 11.0. The van der Waals surface area contributed by atoms with Crippen LogP contribution >= 0.6 is 15.9 Å². The monoisotopic (exact) mass is 287 g/mol. The molecule has 0 radical (unpaired) electrons. The minimum absolute atomic E-state index is 0.498. The topological polar surface area (TPSA) is 37.4 Å². The smallest absolute Gasteiger partial charge is 0.234 e. The normalized spacial score (nSPS) is 15.8. The van der Waals surface area contributed by atoms with E-state index < -0.39 is 10.3 Å². The van der Waals surface area contributed by atoms with Crippen LogP contribution in [0.1, 0.15) is 12.8 Å². The first kappa shape index (κ1) is 10.7. The van der Waals surface area contributed by atoms with Gasteiger partial charge in [0.1, 0.15) is 4.99 Å². The zero-order valence-corrected chi connectivity index (χ0v) is 10.4. The highest BCUT2D eigenvalue weighted by molar-refractivity contribution is 9.10. The Hall–Kier alpha value is -0.810. The highest BCUT2D eigenvalue weighted by Gasteiger charge is 2.21. The molecule has 0 aromatic heterocycles. The molecule has 3 nitrogen and oxygen atoms in total. The van der Waals surface area contributed by atoms with E-state index in [0.29, 0.717) is 11.4 Å². The van der Waals surface area contributed by atoms with Gasteiger partial charge in [0.2, 0.25) is 10.3 Å². The highest BCUT2D eigenvalue weighted by atomic mass is 79.9. The molecule has 0 unspecified atom stereocenters. The molecule has 0 atom stereocenters. The van der Waals surface area contributed by atoms with Crippen molar-refractivity contribution in [3.05, 3.63) is 28.7 Å². The van der Waals surface area contributed by atoms with Gasteiger partial charge in [-0.05, 0) is 30.7 Å². The Labute approximate surface area is 98.4 Å². The number of nitrogens with zero attached hydrogens (tertiary/aromatic N) is 1. The summed E-state index contributed by atoms with van der Waals surface area (Å²) in [5.41, 5.74) is 0.940. The molecule has 1 aromatic rings. The molecule has 0 spiro atoms. The first-order valence-corrected chi connectivity index (χ1v) is 6.53. The van der Waals surface area contributed by atoms with E-state index in [1.165, 1.54) is 0 Å². The fourth-order valence-electron chi connectivity index (χ4n) is 1.72. The minimum atomic E-state index is -2.10. The molecule has 5 heteroatoms. The van der Waals surface area contributed by atoms with E-state index >= 15 is 0 Å². The largest absolute Gasteiger partial charge is 0.332 e. The van der Waals surface area contributed by atoms with Crippen LogP contribution in [-0.4, -0.2) is 20.0 Å². The van der Waals surface area contributed by atoms with Crippen LogP contribution in [-0.2, 0) is 10.3 Å². The van der Waals surface area contributed by atoms with Gasteiger partial charge in [-0.3, -0.25) is 0 Å². The number of hydrogen-bond acceptors (Lipinski definition) is 2. The van der Waals surface area contributed by atoms with E-state index in [9.17, 15) is 8.42 Å².